The van der Waals surface area contributed by atoms with Crippen LogP contribution in [0.25, 0.3) is 11.3 Å². The number of nitrogens with zero attached hydrogens (tertiary/aromatic N) is 3. The summed E-state index contributed by atoms with van der Waals surface area (Å²) in [4.78, 5) is 6.76. The highest BCUT2D eigenvalue weighted by Crippen LogP contribution is 2.50. The van der Waals surface area contributed by atoms with Crippen LogP contribution in [-0.2, 0) is 12.0 Å². The summed E-state index contributed by atoms with van der Waals surface area (Å²) in [6.07, 6.45) is 6.92. The van der Waals surface area contributed by atoms with Gasteiger partial charge in [0.2, 0.25) is 0 Å². The molecular weight excluding hydrogens is 424 g/mol. The van der Waals surface area contributed by atoms with E-state index in [0.29, 0.717) is 12.3 Å². The van der Waals surface area contributed by atoms with Crippen LogP contribution in [0, 0.1) is 5.41 Å². The number of pyridine rings is 1. The van der Waals surface area contributed by atoms with Crippen molar-refractivity contribution < 1.29 is 10.2 Å². The third-order valence-corrected chi connectivity index (χ3v) is 7.99. The molecule has 0 spiro atoms. The van der Waals surface area contributed by atoms with Crippen LogP contribution < -0.4 is 0 Å². The average molecular weight is 461 g/mol. The molecule has 3 heterocycles. The Hall–Kier alpha value is -2.54. The SMILES string of the molecule is CC(C)c1ccc([C@](O)(c2cncc(-c3cc(CC4(O)CCC4)[nH]n3)c2)C2(C)CN(C)C2)cc1. The minimum Gasteiger partial charge on any atom is -0.389 e. The Kier molecular flexibility index (Phi) is 5.66. The molecule has 34 heavy (non-hydrogen) atoms. The first-order valence-corrected chi connectivity index (χ1v) is 12.4. The predicted molar refractivity (Wildman–Crippen MR) is 133 cm³/mol. The molecular formula is C28H36N4O2. The molecule has 0 radical (unpaired) electrons. The van der Waals surface area contributed by atoms with Crippen molar-refractivity contribution >= 4 is 0 Å². The van der Waals surface area contributed by atoms with Crippen molar-refractivity contribution in [3.05, 3.63) is 71.2 Å². The van der Waals surface area contributed by atoms with Gasteiger partial charge in [-0.1, -0.05) is 45.0 Å². The van der Waals surface area contributed by atoms with Crippen molar-refractivity contribution in [2.24, 2.45) is 5.41 Å². The number of hydrogen-bond acceptors (Lipinski definition) is 5. The Labute approximate surface area is 202 Å². The molecule has 1 aromatic carbocycles. The smallest absolute Gasteiger partial charge is 0.124 e. The molecule has 3 N–H and O–H groups in total. The van der Waals surface area contributed by atoms with Crippen LogP contribution in [0.3, 0.4) is 0 Å². The second kappa shape index (κ2) is 8.29. The van der Waals surface area contributed by atoms with E-state index in [2.05, 4.69) is 72.2 Å². The van der Waals surface area contributed by atoms with Crippen LogP contribution in [0.2, 0.25) is 0 Å². The number of benzene rings is 1. The zero-order valence-electron chi connectivity index (χ0n) is 20.7. The monoisotopic (exact) mass is 460 g/mol. The number of aromatic nitrogens is 3. The van der Waals surface area contributed by atoms with Crippen LogP contribution in [-0.4, -0.2) is 56.0 Å². The summed E-state index contributed by atoms with van der Waals surface area (Å²) in [7, 11) is 2.08. The molecule has 1 atom stereocenters. The van der Waals surface area contributed by atoms with Crippen molar-refractivity contribution in [2.45, 2.75) is 63.6 Å². The van der Waals surface area contributed by atoms with Crippen molar-refractivity contribution in [2.75, 3.05) is 20.1 Å². The van der Waals surface area contributed by atoms with Gasteiger partial charge in [0.05, 0.1) is 11.3 Å². The topological polar surface area (TPSA) is 85.3 Å². The van der Waals surface area contributed by atoms with Gasteiger partial charge in [0.1, 0.15) is 5.60 Å². The second-order valence-corrected chi connectivity index (χ2v) is 11.2. The van der Waals surface area contributed by atoms with E-state index >= 15 is 0 Å². The standard InChI is InChI=1S/C28H36N4O2/c1-19(2)20-6-8-22(9-7-20)28(34,26(3)17-32(4)18-26)23-12-21(15-29-16-23)25-13-24(30-31-25)14-27(33)10-5-11-27/h6-9,12-13,15-16,19,33-34H,5,10-11,14,17-18H2,1-4H3,(H,30,31)/t28-/m0/s1. The van der Waals surface area contributed by atoms with Crippen LogP contribution in [0.5, 0.6) is 0 Å². The lowest BCUT2D eigenvalue weighted by molar-refractivity contribution is -0.127. The normalized spacial score (nSPS) is 21.0. The van der Waals surface area contributed by atoms with Gasteiger partial charge >= 0.3 is 0 Å². The molecule has 1 aliphatic carbocycles. The first kappa shape index (κ1) is 23.2. The molecule has 0 unspecified atom stereocenters. The summed E-state index contributed by atoms with van der Waals surface area (Å²) in [5.41, 5.74) is 3.36. The van der Waals surface area contributed by atoms with Crippen molar-refractivity contribution in [3.63, 3.8) is 0 Å². The summed E-state index contributed by atoms with van der Waals surface area (Å²) >= 11 is 0. The maximum Gasteiger partial charge on any atom is 0.124 e. The van der Waals surface area contributed by atoms with Crippen molar-refractivity contribution in [1.82, 2.24) is 20.1 Å². The number of nitrogens with one attached hydrogen (secondary N) is 1. The Morgan fingerprint density at radius 2 is 1.79 bits per heavy atom. The summed E-state index contributed by atoms with van der Waals surface area (Å²) in [6.45, 7) is 8.11. The first-order chi connectivity index (χ1) is 16.1. The second-order valence-electron chi connectivity index (χ2n) is 11.2. The van der Waals surface area contributed by atoms with Gasteiger partial charge in [0, 0.05) is 54.1 Å². The lowest BCUT2D eigenvalue weighted by Crippen LogP contribution is -2.63. The number of aliphatic hydroxyl groups is 2. The number of H-pyrrole nitrogens is 1. The largest absolute Gasteiger partial charge is 0.389 e. The maximum absolute atomic E-state index is 12.4. The van der Waals surface area contributed by atoms with Crippen molar-refractivity contribution in [1.29, 1.82) is 0 Å². The van der Waals surface area contributed by atoms with E-state index in [0.717, 1.165) is 60.4 Å². The lowest BCUT2D eigenvalue weighted by Gasteiger charge is -2.55. The van der Waals surface area contributed by atoms with E-state index in [4.69, 9.17) is 0 Å². The highest BCUT2D eigenvalue weighted by molar-refractivity contribution is 5.60. The van der Waals surface area contributed by atoms with Gasteiger partial charge in [-0.3, -0.25) is 10.1 Å². The summed E-state index contributed by atoms with van der Waals surface area (Å²) in [5, 5.41) is 30.5. The highest BCUT2D eigenvalue weighted by Gasteiger charge is 2.55. The summed E-state index contributed by atoms with van der Waals surface area (Å²) in [6, 6.07) is 12.4. The minimum absolute atomic E-state index is 0.342. The third kappa shape index (κ3) is 3.88. The zero-order valence-corrected chi connectivity index (χ0v) is 20.7. The van der Waals surface area contributed by atoms with Crippen LogP contribution in [0.4, 0.5) is 0 Å². The van der Waals surface area contributed by atoms with Crippen LogP contribution >= 0.6 is 0 Å². The average Bonchev–Trinajstić information content (AvgIpc) is 3.25. The molecule has 6 heteroatoms. The molecule has 6 nitrogen and oxygen atoms in total. The number of hydrogen-bond donors (Lipinski definition) is 3. The Bertz CT molecular complexity index is 1160. The minimum atomic E-state index is -1.18. The number of rotatable bonds is 7. The molecule has 3 aromatic rings. The van der Waals surface area contributed by atoms with E-state index in [9.17, 15) is 10.2 Å². The molecule has 0 amide bonds. The Morgan fingerprint density at radius 3 is 2.38 bits per heavy atom. The van der Waals surface area contributed by atoms with Gasteiger partial charge in [-0.05, 0) is 55.5 Å². The fraction of sp³-hybridized carbons (Fsp3) is 0.500. The van der Waals surface area contributed by atoms with Gasteiger partial charge in [-0.15, -0.1) is 0 Å². The van der Waals surface area contributed by atoms with Gasteiger partial charge < -0.3 is 15.1 Å². The van der Waals surface area contributed by atoms with E-state index < -0.39 is 11.2 Å². The molecule has 0 bridgehead atoms. The molecule has 1 aliphatic heterocycles. The first-order valence-electron chi connectivity index (χ1n) is 12.4. The molecule has 2 fully saturated rings. The van der Waals surface area contributed by atoms with Crippen molar-refractivity contribution in [3.8, 4) is 11.3 Å². The van der Waals surface area contributed by atoms with Crippen LogP contribution in [0.1, 0.15) is 68.3 Å². The van der Waals surface area contributed by atoms with Crippen LogP contribution in [0.15, 0.2) is 48.8 Å². The summed E-state index contributed by atoms with van der Waals surface area (Å²) in [5.74, 6) is 0.435. The predicted octanol–water partition coefficient (Wildman–Crippen LogP) is 4.24. The van der Waals surface area contributed by atoms with Gasteiger partial charge in [-0.2, -0.15) is 5.10 Å². The fourth-order valence-electron chi connectivity index (χ4n) is 5.84. The van der Waals surface area contributed by atoms with E-state index in [1.54, 1.807) is 12.4 Å². The van der Waals surface area contributed by atoms with Gasteiger partial charge in [0.15, 0.2) is 0 Å². The lowest BCUT2D eigenvalue weighted by atomic mass is 9.62. The molecule has 180 valence electrons. The molecule has 2 aliphatic rings. The highest BCUT2D eigenvalue weighted by atomic mass is 16.3. The van der Waals surface area contributed by atoms with E-state index in [-0.39, 0.29) is 5.41 Å². The molecule has 1 saturated heterocycles. The third-order valence-electron chi connectivity index (χ3n) is 7.99. The number of likely N-dealkylation sites (tertiary alicyclic amines) is 1. The zero-order chi connectivity index (χ0) is 24.1. The molecule has 2 aromatic heterocycles. The Balaban J connectivity index is 1.51. The van der Waals surface area contributed by atoms with Gasteiger partial charge in [-0.25, -0.2) is 0 Å². The van der Waals surface area contributed by atoms with E-state index in [1.807, 2.05) is 12.1 Å². The molecule has 5 rings (SSSR count). The number of aromatic amines is 1. The summed E-state index contributed by atoms with van der Waals surface area (Å²) < 4.78 is 0. The fourth-order valence-corrected chi connectivity index (χ4v) is 5.84. The van der Waals surface area contributed by atoms with E-state index in [1.165, 1.54) is 5.56 Å². The molecule has 1 saturated carbocycles. The quantitative estimate of drug-likeness (QED) is 0.491. The Morgan fingerprint density at radius 1 is 1.09 bits per heavy atom. The van der Waals surface area contributed by atoms with Gasteiger partial charge in [0.25, 0.3) is 0 Å². The maximum atomic E-state index is 12.4.